The number of pyridine rings is 1. The number of aliphatic hydroxyl groups excluding tert-OH is 1. The molecule has 0 spiro atoms. The minimum atomic E-state index is -0.666. The van der Waals surface area contributed by atoms with Crippen LogP contribution in [0.15, 0.2) is 35.1 Å². The van der Waals surface area contributed by atoms with Gasteiger partial charge in [0.05, 0.1) is 6.10 Å². The van der Waals surface area contributed by atoms with Crippen LogP contribution in [0.4, 0.5) is 0 Å². The Balaban J connectivity index is 1.46. The van der Waals surface area contributed by atoms with Gasteiger partial charge in [-0.05, 0) is 23.9 Å². The highest BCUT2D eigenvalue weighted by Crippen LogP contribution is 2.21. The van der Waals surface area contributed by atoms with Crippen molar-refractivity contribution in [2.75, 3.05) is 0 Å². The lowest BCUT2D eigenvalue weighted by molar-refractivity contribution is 0.162. The van der Waals surface area contributed by atoms with Crippen molar-refractivity contribution in [3.63, 3.8) is 0 Å². The smallest absolute Gasteiger partial charge is 0.254 e. The molecule has 1 unspecified atom stereocenters. The normalized spacial score (nSPS) is 12.5. The SMILES string of the molecule is CCCCCCCCCCCCCCCCCC(O)c1cc2ccccc2[nH]c1=O. The highest BCUT2D eigenvalue weighted by molar-refractivity contribution is 5.78. The standard InChI is InChI=1S/C27H43NO2/c1-2-3-4-5-6-7-8-9-10-11-12-13-14-15-16-21-26(29)24-22-23-19-17-18-20-25(23)28-27(24)30/h17-20,22,26,29H,2-16,21H2,1H3,(H,28,30). The zero-order valence-corrected chi connectivity index (χ0v) is 19.1. The summed E-state index contributed by atoms with van der Waals surface area (Å²) in [5.41, 5.74) is 1.16. The van der Waals surface area contributed by atoms with Gasteiger partial charge < -0.3 is 10.1 Å². The van der Waals surface area contributed by atoms with Crippen LogP contribution >= 0.6 is 0 Å². The molecule has 168 valence electrons. The Labute approximate surface area is 183 Å². The lowest BCUT2D eigenvalue weighted by Gasteiger charge is -2.11. The number of hydrogen-bond donors (Lipinski definition) is 2. The highest BCUT2D eigenvalue weighted by Gasteiger charge is 2.12. The van der Waals surface area contributed by atoms with E-state index in [1.54, 1.807) is 0 Å². The second kappa shape index (κ2) is 15.2. The quantitative estimate of drug-likeness (QED) is 0.260. The van der Waals surface area contributed by atoms with E-state index in [4.69, 9.17) is 0 Å². The second-order valence-corrected chi connectivity index (χ2v) is 8.90. The van der Waals surface area contributed by atoms with E-state index in [2.05, 4.69) is 11.9 Å². The summed E-state index contributed by atoms with van der Waals surface area (Å²) in [7, 11) is 0. The molecule has 0 saturated carbocycles. The highest BCUT2D eigenvalue weighted by atomic mass is 16.3. The summed E-state index contributed by atoms with van der Waals surface area (Å²) < 4.78 is 0. The van der Waals surface area contributed by atoms with Gasteiger partial charge in [-0.25, -0.2) is 0 Å². The largest absolute Gasteiger partial charge is 0.388 e. The molecule has 2 N–H and O–H groups in total. The zero-order valence-electron chi connectivity index (χ0n) is 19.1. The van der Waals surface area contributed by atoms with E-state index in [-0.39, 0.29) is 5.56 Å². The molecular weight excluding hydrogens is 370 g/mol. The van der Waals surface area contributed by atoms with Crippen LogP contribution in [0.25, 0.3) is 10.9 Å². The first-order chi connectivity index (χ1) is 14.7. The summed E-state index contributed by atoms with van der Waals surface area (Å²) in [5.74, 6) is 0. The van der Waals surface area contributed by atoms with E-state index in [1.165, 1.54) is 83.5 Å². The molecule has 0 aliphatic heterocycles. The van der Waals surface area contributed by atoms with Crippen molar-refractivity contribution >= 4 is 10.9 Å². The van der Waals surface area contributed by atoms with Gasteiger partial charge in [0.15, 0.2) is 0 Å². The van der Waals surface area contributed by atoms with Crippen molar-refractivity contribution in [1.82, 2.24) is 4.98 Å². The predicted octanol–water partition coefficient (Wildman–Crippen LogP) is 7.82. The maximum Gasteiger partial charge on any atom is 0.254 e. The van der Waals surface area contributed by atoms with Gasteiger partial charge in [0, 0.05) is 11.1 Å². The summed E-state index contributed by atoms with van der Waals surface area (Å²) in [4.78, 5) is 15.1. The third kappa shape index (κ3) is 9.47. The Morgan fingerprint density at radius 3 is 1.83 bits per heavy atom. The molecule has 1 aromatic heterocycles. The molecule has 0 bridgehead atoms. The molecule has 0 fully saturated rings. The molecule has 0 aliphatic carbocycles. The van der Waals surface area contributed by atoms with Crippen molar-refractivity contribution in [2.45, 2.75) is 116 Å². The van der Waals surface area contributed by atoms with Crippen LogP contribution in [0, 0.1) is 0 Å². The lowest BCUT2D eigenvalue weighted by atomic mass is 10.0. The second-order valence-electron chi connectivity index (χ2n) is 8.90. The molecule has 3 heteroatoms. The Morgan fingerprint density at radius 1 is 0.767 bits per heavy atom. The van der Waals surface area contributed by atoms with Crippen molar-refractivity contribution in [3.05, 3.63) is 46.2 Å². The number of rotatable bonds is 17. The van der Waals surface area contributed by atoms with Crippen molar-refractivity contribution < 1.29 is 5.11 Å². The van der Waals surface area contributed by atoms with Crippen LogP contribution in [0.5, 0.6) is 0 Å². The third-order valence-corrected chi connectivity index (χ3v) is 6.22. The Kier molecular flexibility index (Phi) is 12.5. The molecule has 0 amide bonds. The van der Waals surface area contributed by atoms with E-state index >= 15 is 0 Å². The van der Waals surface area contributed by atoms with Gasteiger partial charge in [-0.3, -0.25) is 4.79 Å². The number of fused-ring (bicyclic) bond motifs is 1. The molecule has 0 aliphatic rings. The van der Waals surface area contributed by atoms with Gasteiger partial charge in [-0.1, -0.05) is 121 Å². The molecule has 2 rings (SSSR count). The number of aliphatic hydroxyl groups is 1. The average Bonchev–Trinajstić information content (AvgIpc) is 2.75. The minimum Gasteiger partial charge on any atom is -0.388 e. The van der Waals surface area contributed by atoms with Crippen molar-refractivity contribution in [3.8, 4) is 0 Å². The third-order valence-electron chi connectivity index (χ3n) is 6.22. The fraction of sp³-hybridized carbons (Fsp3) is 0.667. The molecule has 2 aromatic rings. The number of aromatic nitrogens is 1. The Hall–Kier alpha value is -1.61. The number of H-pyrrole nitrogens is 1. The van der Waals surface area contributed by atoms with Crippen molar-refractivity contribution in [2.24, 2.45) is 0 Å². The average molecular weight is 414 g/mol. The molecule has 1 atom stereocenters. The molecule has 30 heavy (non-hydrogen) atoms. The summed E-state index contributed by atoms with van der Waals surface area (Å²) >= 11 is 0. The summed E-state index contributed by atoms with van der Waals surface area (Å²) in [6.07, 6.45) is 20.0. The van der Waals surface area contributed by atoms with Crippen LogP contribution < -0.4 is 5.56 Å². The lowest BCUT2D eigenvalue weighted by Crippen LogP contribution is -2.16. The number of hydrogen-bond acceptors (Lipinski definition) is 2. The predicted molar refractivity (Wildman–Crippen MR) is 129 cm³/mol. The van der Waals surface area contributed by atoms with Gasteiger partial charge in [0.2, 0.25) is 0 Å². The number of para-hydroxylation sites is 1. The Bertz CT molecular complexity index is 752. The molecule has 1 heterocycles. The maximum absolute atomic E-state index is 12.2. The topological polar surface area (TPSA) is 53.1 Å². The molecule has 0 saturated heterocycles. The first-order valence-corrected chi connectivity index (χ1v) is 12.5. The van der Waals surface area contributed by atoms with Gasteiger partial charge in [-0.15, -0.1) is 0 Å². The first kappa shape index (κ1) is 24.7. The summed E-state index contributed by atoms with van der Waals surface area (Å²) in [5, 5.41) is 11.4. The molecule has 0 radical (unpaired) electrons. The zero-order chi connectivity index (χ0) is 21.4. The van der Waals surface area contributed by atoms with E-state index in [0.717, 1.165) is 23.7 Å². The van der Waals surface area contributed by atoms with Gasteiger partial charge in [0.25, 0.3) is 5.56 Å². The van der Waals surface area contributed by atoms with Crippen LogP contribution in [0.2, 0.25) is 0 Å². The summed E-state index contributed by atoms with van der Waals surface area (Å²) in [6, 6.07) is 9.55. The maximum atomic E-state index is 12.2. The summed E-state index contributed by atoms with van der Waals surface area (Å²) in [6.45, 7) is 2.28. The van der Waals surface area contributed by atoms with Gasteiger partial charge >= 0.3 is 0 Å². The number of aromatic amines is 1. The molecule has 3 nitrogen and oxygen atoms in total. The molecule has 1 aromatic carbocycles. The number of nitrogens with one attached hydrogen (secondary N) is 1. The van der Waals surface area contributed by atoms with Crippen LogP contribution in [0.1, 0.15) is 121 Å². The van der Waals surface area contributed by atoms with E-state index < -0.39 is 6.10 Å². The fourth-order valence-electron chi connectivity index (χ4n) is 4.28. The van der Waals surface area contributed by atoms with E-state index in [1.807, 2.05) is 30.3 Å². The Morgan fingerprint density at radius 2 is 1.27 bits per heavy atom. The first-order valence-electron chi connectivity index (χ1n) is 12.5. The van der Waals surface area contributed by atoms with E-state index in [0.29, 0.717) is 12.0 Å². The van der Waals surface area contributed by atoms with Crippen LogP contribution in [-0.4, -0.2) is 10.1 Å². The fourth-order valence-corrected chi connectivity index (χ4v) is 4.28. The van der Waals surface area contributed by atoms with Crippen LogP contribution in [0.3, 0.4) is 0 Å². The van der Waals surface area contributed by atoms with Gasteiger partial charge in [-0.2, -0.15) is 0 Å². The van der Waals surface area contributed by atoms with E-state index in [9.17, 15) is 9.90 Å². The van der Waals surface area contributed by atoms with Crippen LogP contribution in [-0.2, 0) is 0 Å². The number of unbranched alkanes of at least 4 members (excludes halogenated alkanes) is 14. The minimum absolute atomic E-state index is 0.165. The monoisotopic (exact) mass is 413 g/mol. The molecular formula is C27H43NO2. The van der Waals surface area contributed by atoms with Crippen molar-refractivity contribution in [1.29, 1.82) is 0 Å². The number of benzene rings is 1. The van der Waals surface area contributed by atoms with Gasteiger partial charge in [0.1, 0.15) is 0 Å².